The van der Waals surface area contributed by atoms with Gasteiger partial charge in [-0.15, -0.1) is 0 Å². The van der Waals surface area contributed by atoms with Gasteiger partial charge < -0.3 is 32.8 Å². The summed E-state index contributed by atoms with van der Waals surface area (Å²) >= 11 is 10.6. The smallest absolute Gasteiger partial charge is 0.347 e. The second-order valence-electron chi connectivity index (χ2n) is 14.5. The summed E-state index contributed by atoms with van der Waals surface area (Å²) in [4.78, 5) is 31.8. The molecule has 0 radical (unpaired) electrons. The van der Waals surface area contributed by atoms with Crippen molar-refractivity contribution in [2.24, 2.45) is 0 Å². The van der Waals surface area contributed by atoms with Gasteiger partial charge in [0.1, 0.15) is 54.5 Å². The topological polar surface area (TPSA) is 181 Å². The van der Waals surface area contributed by atoms with E-state index in [-0.39, 0.29) is 53.5 Å². The number of rotatable bonds is 11. The predicted molar refractivity (Wildman–Crippen MR) is 238 cm³/mol. The van der Waals surface area contributed by atoms with Crippen molar-refractivity contribution >= 4 is 54.7 Å². The molecule has 330 valence electrons. The number of esters is 1. The molecule has 4 bridgehead atoms. The zero-order chi connectivity index (χ0) is 45.0. The highest BCUT2D eigenvalue weighted by Gasteiger charge is 2.31. The van der Waals surface area contributed by atoms with E-state index in [4.69, 9.17) is 53.6 Å². The monoisotopic (exact) mass is 970 g/mol. The number of carbonyl (C=O) groups is 1. The molecule has 2 aliphatic heterocycles. The molecule has 0 saturated heterocycles. The van der Waals surface area contributed by atoms with Gasteiger partial charge in [-0.25, -0.2) is 24.7 Å². The molecule has 0 amide bonds. The Hall–Kier alpha value is -6.27. The normalized spacial score (nSPS) is 15.1. The number of carbonyl (C=O) groups excluding carboxylic acids is 1. The predicted octanol–water partition coefficient (Wildman–Crippen LogP) is 9.07. The van der Waals surface area contributed by atoms with Crippen molar-refractivity contribution in [3.63, 3.8) is 0 Å². The van der Waals surface area contributed by atoms with Gasteiger partial charge in [0.05, 0.1) is 40.5 Å². The molecule has 18 heteroatoms. The summed E-state index contributed by atoms with van der Waals surface area (Å²) in [6, 6.07) is 23.9. The molecule has 5 heterocycles. The Balaban J connectivity index is 1.19. The van der Waals surface area contributed by atoms with Crippen molar-refractivity contribution < 1.29 is 50.2 Å². The number of furan rings is 1. The molecule has 0 N–H and O–H groups in total. The van der Waals surface area contributed by atoms with E-state index in [2.05, 4.69) is 30.9 Å². The van der Waals surface area contributed by atoms with Crippen LogP contribution in [-0.4, -0.2) is 73.5 Å². The highest BCUT2D eigenvalue weighted by atomic mass is 79.9. The Morgan fingerprint density at radius 1 is 0.938 bits per heavy atom. The molecule has 9 rings (SSSR count). The van der Waals surface area contributed by atoms with E-state index in [1.807, 2.05) is 31.2 Å². The number of hydrogen-bond acceptors (Lipinski definition) is 15. The van der Waals surface area contributed by atoms with Gasteiger partial charge in [-0.3, -0.25) is 4.18 Å². The van der Waals surface area contributed by atoms with Gasteiger partial charge in [0.2, 0.25) is 17.7 Å². The molecular formula is C46H40BrClN4O11S. The third kappa shape index (κ3) is 9.62. The summed E-state index contributed by atoms with van der Waals surface area (Å²) in [6.45, 7) is 4.79. The zero-order valence-electron chi connectivity index (χ0n) is 34.9. The van der Waals surface area contributed by atoms with Crippen molar-refractivity contribution in [3.05, 3.63) is 130 Å². The van der Waals surface area contributed by atoms with Gasteiger partial charge in [0.25, 0.3) is 10.1 Å². The maximum Gasteiger partial charge on any atom is 0.347 e. The molecule has 7 aromatic rings. The summed E-state index contributed by atoms with van der Waals surface area (Å²) in [6.07, 6.45) is 0.537. The van der Waals surface area contributed by atoms with Crippen molar-refractivity contribution in [1.29, 1.82) is 0 Å². The van der Waals surface area contributed by atoms with Gasteiger partial charge in [-0.05, 0) is 102 Å². The van der Waals surface area contributed by atoms with Crippen LogP contribution in [0, 0.1) is 13.8 Å². The minimum absolute atomic E-state index is 0.0145. The van der Waals surface area contributed by atoms with Crippen LogP contribution in [-0.2, 0) is 36.9 Å². The highest BCUT2D eigenvalue weighted by Crippen LogP contribution is 2.46. The van der Waals surface area contributed by atoms with E-state index in [0.717, 1.165) is 5.56 Å². The Morgan fingerprint density at radius 2 is 1.75 bits per heavy atom. The molecule has 0 unspecified atom stereocenters. The number of nitrogens with zero attached hydrogens (tertiary/aromatic N) is 4. The number of halogens is 2. The molecule has 15 nitrogen and oxygen atoms in total. The van der Waals surface area contributed by atoms with Crippen molar-refractivity contribution in [2.75, 3.05) is 26.9 Å². The lowest BCUT2D eigenvalue weighted by Crippen LogP contribution is -2.32. The fraction of sp³-hybridized carbons (Fsp3) is 0.239. The lowest BCUT2D eigenvalue weighted by Gasteiger charge is -2.22. The molecule has 0 saturated carbocycles. The van der Waals surface area contributed by atoms with Crippen LogP contribution in [0.25, 0.3) is 33.6 Å². The van der Waals surface area contributed by atoms with Crippen LogP contribution < -0.4 is 23.7 Å². The summed E-state index contributed by atoms with van der Waals surface area (Å²) in [5.74, 6) is 1.37. The van der Waals surface area contributed by atoms with E-state index in [9.17, 15) is 13.2 Å². The first-order chi connectivity index (χ1) is 30.9. The largest absolute Gasteiger partial charge is 0.496 e. The fourth-order valence-electron chi connectivity index (χ4n) is 6.93. The minimum atomic E-state index is -4.20. The van der Waals surface area contributed by atoms with Gasteiger partial charge in [-0.2, -0.15) is 8.42 Å². The van der Waals surface area contributed by atoms with Crippen LogP contribution in [0.1, 0.15) is 29.3 Å². The van der Waals surface area contributed by atoms with Crippen molar-refractivity contribution in [3.8, 4) is 51.4 Å². The van der Waals surface area contributed by atoms with E-state index < -0.39 is 34.9 Å². The number of aryl methyl sites for hydroxylation is 1. The molecule has 3 aromatic heterocycles. The molecule has 64 heavy (non-hydrogen) atoms. The van der Waals surface area contributed by atoms with E-state index in [1.165, 1.54) is 18.5 Å². The maximum atomic E-state index is 13.8. The lowest BCUT2D eigenvalue weighted by molar-refractivity contribution is -0.151. The van der Waals surface area contributed by atoms with Gasteiger partial charge in [0.15, 0.2) is 16.6 Å². The van der Waals surface area contributed by atoms with Gasteiger partial charge >= 0.3 is 5.97 Å². The van der Waals surface area contributed by atoms with Gasteiger partial charge in [0, 0.05) is 18.2 Å². The van der Waals surface area contributed by atoms with Crippen molar-refractivity contribution in [2.45, 2.75) is 50.9 Å². The van der Waals surface area contributed by atoms with E-state index in [0.29, 0.717) is 66.6 Å². The van der Waals surface area contributed by atoms with Crippen molar-refractivity contribution in [1.82, 2.24) is 19.9 Å². The molecule has 2 atom stereocenters. The molecule has 0 aliphatic carbocycles. The number of ether oxygens (including phenoxy) is 6. The summed E-state index contributed by atoms with van der Waals surface area (Å²) in [7, 11) is -2.62. The maximum absolute atomic E-state index is 13.8. The minimum Gasteiger partial charge on any atom is -0.496 e. The first kappa shape index (κ1) is 44.3. The van der Waals surface area contributed by atoms with Gasteiger partial charge in [-0.1, -0.05) is 47.5 Å². The molecule has 0 fully saturated rings. The molecule has 2 aliphatic rings. The highest BCUT2D eigenvalue weighted by molar-refractivity contribution is 9.10. The van der Waals surface area contributed by atoms with E-state index in [1.54, 1.807) is 75.7 Å². The number of methoxy groups -OCH3 is 1. The lowest BCUT2D eigenvalue weighted by atomic mass is 10.0. The van der Waals surface area contributed by atoms with Crippen LogP contribution in [0.5, 0.6) is 28.9 Å². The molecule has 4 aromatic carbocycles. The number of fused-ring (bicyclic) bond motifs is 7. The molecular weight excluding hydrogens is 932 g/mol. The Bertz CT molecular complexity index is 2950. The third-order valence-corrected chi connectivity index (χ3v) is 12.5. The Kier molecular flexibility index (Phi) is 13.3. The standard InChI is InChI=1S/C46H40BrClN4O11S/c1-5-57-46(53)38-21-28-20-30(12-16-35(28)59-22-29-18-19-49-43(52-29)34-8-6-7-9-36(34)56-4)58-23-31(24-60-64(54,55)32-13-10-26(2)11-14-32)61-37-17-15-33(27(3)41(37)48)39-40-44(62-38)50-25-51-45(40)63-42(39)47/h6-20,25,31,38H,5,21-24H2,1-4H3/t31-,38+/m0/s1. The number of hydrogen-bond donors (Lipinski definition) is 0. The van der Waals surface area contributed by atoms with Crippen LogP contribution in [0.4, 0.5) is 0 Å². The number of benzene rings is 4. The third-order valence-electron chi connectivity index (χ3n) is 10.2. The van der Waals surface area contributed by atoms with Crippen LogP contribution in [0.15, 0.2) is 111 Å². The zero-order valence-corrected chi connectivity index (χ0v) is 38.0. The Morgan fingerprint density at radius 3 is 2.55 bits per heavy atom. The number of para-hydroxylation sites is 1. The SMILES string of the molecule is CCOC(=O)[C@H]1Cc2cc(ccc2OCc2ccnc(-c3ccccc3OC)n2)OC[C@@H](COS(=O)(=O)c2ccc(C)cc2)Oc2ccc(c(C)c2Cl)-c2c(Br)oc3ncnc(c23)O1. The first-order valence-corrected chi connectivity index (χ1v) is 22.5. The first-order valence-electron chi connectivity index (χ1n) is 19.9. The van der Waals surface area contributed by atoms with E-state index >= 15 is 0 Å². The average Bonchev–Trinajstić information content (AvgIpc) is 3.64. The average molecular weight is 972 g/mol. The molecule has 0 spiro atoms. The fourth-order valence-corrected chi connectivity index (χ4v) is 8.64. The van der Waals surface area contributed by atoms with Crippen LogP contribution >= 0.6 is 27.5 Å². The Labute approximate surface area is 381 Å². The van der Waals surface area contributed by atoms with Crippen LogP contribution in [0.2, 0.25) is 5.02 Å². The second-order valence-corrected chi connectivity index (χ2v) is 17.2. The number of aromatic nitrogens is 4. The quantitative estimate of drug-likeness (QED) is 0.0884. The summed E-state index contributed by atoms with van der Waals surface area (Å²) in [5, 5.41) is 0.581. The second kappa shape index (κ2) is 19.2. The summed E-state index contributed by atoms with van der Waals surface area (Å²) in [5.41, 5.74) is 4.49. The van der Waals surface area contributed by atoms with Crippen LogP contribution in [0.3, 0.4) is 0 Å². The summed E-state index contributed by atoms with van der Waals surface area (Å²) < 4.78 is 75.2.